The van der Waals surface area contributed by atoms with E-state index in [2.05, 4.69) is 41.9 Å². The summed E-state index contributed by atoms with van der Waals surface area (Å²) in [4.78, 5) is 15.7. The second-order valence-corrected chi connectivity index (χ2v) is 9.97. The van der Waals surface area contributed by atoms with Crippen molar-refractivity contribution in [1.29, 1.82) is 0 Å². The lowest BCUT2D eigenvalue weighted by atomic mass is 9.92. The van der Waals surface area contributed by atoms with Crippen molar-refractivity contribution in [3.63, 3.8) is 0 Å². The van der Waals surface area contributed by atoms with Crippen molar-refractivity contribution in [3.8, 4) is 5.75 Å². The van der Waals surface area contributed by atoms with E-state index in [0.717, 1.165) is 29.5 Å². The first kappa shape index (κ1) is 21.2. The predicted molar refractivity (Wildman–Crippen MR) is 133 cm³/mol. The maximum absolute atomic E-state index is 13.0. The van der Waals surface area contributed by atoms with Crippen LogP contribution < -0.4 is 19.9 Å². The van der Waals surface area contributed by atoms with Crippen molar-refractivity contribution in [2.75, 3.05) is 0 Å². The molecular formula is C29H31N3O2. The second-order valence-electron chi connectivity index (χ2n) is 9.97. The van der Waals surface area contributed by atoms with Crippen molar-refractivity contribution < 1.29 is 8.98 Å². The number of hydrogen-bond acceptors (Lipinski definition) is 3. The molecule has 1 aliphatic carbocycles. The van der Waals surface area contributed by atoms with E-state index in [0.29, 0.717) is 30.5 Å². The van der Waals surface area contributed by atoms with Crippen LogP contribution in [0, 0.1) is 6.72 Å². The van der Waals surface area contributed by atoms with Gasteiger partial charge >= 0.3 is 0 Å². The molecule has 5 heteroatoms. The first-order valence-corrected chi connectivity index (χ1v) is 12.3. The molecule has 6 rings (SSSR count). The molecular weight excluding hydrogens is 422 g/mol. The van der Waals surface area contributed by atoms with Gasteiger partial charge in [-0.3, -0.25) is 18.5 Å². The van der Waals surface area contributed by atoms with Gasteiger partial charge in [0.25, 0.3) is 5.56 Å². The van der Waals surface area contributed by atoms with Crippen LogP contribution in [-0.2, 0) is 19.4 Å². The average Bonchev–Trinajstić information content (AvgIpc) is 3.31. The minimum atomic E-state index is -0.0894. The fourth-order valence-electron chi connectivity index (χ4n) is 6.25. The van der Waals surface area contributed by atoms with E-state index >= 15 is 0 Å². The highest BCUT2D eigenvalue weighted by Crippen LogP contribution is 2.45. The van der Waals surface area contributed by atoms with E-state index in [1.807, 2.05) is 42.6 Å². The van der Waals surface area contributed by atoms with Crippen LogP contribution in [0.4, 0.5) is 0 Å². The minimum Gasteiger partial charge on any atom is -0.489 e. The number of ether oxygens (including phenoxy) is 1. The Labute approximate surface area is 199 Å². The monoisotopic (exact) mass is 453 g/mol. The van der Waals surface area contributed by atoms with E-state index in [9.17, 15) is 4.79 Å². The third-order valence-corrected chi connectivity index (χ3v) is 7.69. The largest absolute Gasteiger partial charge is 0.489 e. The van der Waals surface area contributed by atoms with Crippen LogP contribution in [0.15, 0.2) is 59.5 Å². The van der Waals surface area contributed by atoms with Gasteiger partial charge < -0.3 is 4.74 Å². The first-order valence-electron chi connectivity index (χ1n) is 12.3. The topological polar surface area (TPSA) is 40.4 Å². The van der Waals surface area contributed by atoms with Crippen LogP contribution in [0.2, 0.25) is 0 Å². The highest BCUT2D eigenvalue weighted by atomic mass is 16.5. The molecule has 2 bridgehead atoms. The number of benzene rings is 1. The zero-order chi connectivity index (χ0) is 23.4. The maximum atomic E-state index is 13.0. The fraction of sp³-hybridized carbons (Fsp3) is 0.345. The van der Waals surface area contributed by atoms with Crippen LogP contribution in [0.3, 0.4) is 0 Å². The summed E-state index contributed by atoms with van der Waals surface area (Å²) >= 11 is 0. The number of rotatable bonds is 5. The number of fused-ring (bicyclic) bond motifs is 6. The van der Waals surface area contributed by atoms with E-state index in [-0.39, 0.29) is 5.56 Å². The smallest absolute Gasteiger partial charge is 0.258 e. The summed E-state index contributed by atoms with van der Waals surface area (Å²) in [5, 5.41) is 1.15. The summed E-state index contributed by atoms with van der Waals surface area (Å²) in [6.45, 7) is 9.49. The van der Waals surface area contributed by atoms with Crippen LogP contribution >= 0.6 is 0 Å². The Morgan fingerprint density at radius 2 is 2.03 bits per heavy atom. The number of pyridine rings is 1. The van der Waals surface area contributed by atoms with Gasteiger partial charge in [-0.15, -0.1) is 0 Å². The Hall–Kier alpha value is -3.31. The van der Waals surface area contributed by atoms with Gasteiger partial charge in [0.15, 0.2) is 0 Å². The third-order valence-electron chi connectivity index (χ3n) is 7.69. The Kier molecular flexibility index (Phi) is 5.10. The van der Waals surface area contributed by atoms with Gasteiger partial charge in [-0.25, -0.2) is 0 Å². The molecule has 2 aliphatic heterocycles. The summed E-state index contributed by atoms with van der Waals surface area (Å²) in [7, 11) is 0. The van der Waals surface area contributed by atoms with Crippen molar-refractivity contribution in [3.05, 3.63) is 99.5 Å². The summed E-state index contributed by atoms with van der Waals surface area (Å²) < 4.78 is 9.69. The quantitative estimate of drug-likeness (QED) is 0.439. The molecule has 0 N–H and O–H groups in total. The van der Waals surface area contributed by atoms with E-state index < -0.39 is 0 Å². The van der Waals surface area contributed by atoms with Gasteiger partial charge in [-0.2, -0.15) is 0 Å². The van der Waals surface area contributed by atoms with Crippen LogP contribution in [0.1, 0.15) is 55.1 Å². The summed E-state index contributed by atoms with van der Waals surface area (Å²) in [6.07, 6.45) is 10.5. The van der Waals surface area contributed by atoms with E-state index in [4.69, 9.17) is 4.74 Å². The normalized spacial score (nSPS) is 21.1. The van der Waals surface area contributed by atoms with Crippen molar-refractivity contribution in [1.82, 2.24) is 9.47 Å². The molecule has 2 aromatic heterocycles. The number of nitrogens with zero attached hydrogens (tertiary/aromatic N) is 3. The molecule has 0 amide bonds. The standard InChI is InChI=1S/C29H31N3O2/c1-19(2)32-22-10-12-25(32)29-24-11-9-21(15-26(24)30(3)27(29)16-22)31-14-13-23(17-28(31)33)34-18-20-7-5-4-6-8-20/h4-9,13-15,17,19,22,25H,3,10-12,16,18H2,1-2H3. The van der Waals surface area contributed by atoms with Crippen molar-refractivity contribution in [2.45, 2.75) is 64.3 Å². The van der Waals surface area contributed by atoms with Crippen molar-refractivity contribution in [2.24, 2.45) is 0 Å². The van der Waals surface area contributed by atoms with Crippen LogP contribution in [0.25, 0.3) is 11.8 Å². The molecule has 1 saturated heterocycles. The Balaban J connectivity index is 1.31. The highest BCUT2D eigenvalue weighted by Gasteiger charge is 2.43. The molecule has 34 heavy (non-hydrogen) atoms. The van der Waals surface area contributed by atoms with Crippen LogP contribution in [0.5, 0.6) is 5.75 Å². The molecule has 1 aromatic carbocycles. The zero-order valence-corrected chi connectivity index (χ0v) is 19.9. The molecule has 2 atom stereocenters. The summed E-state index contributed by atoms with van der Waals surface area (Å²) in [6, 6.07) is 15.1. The molecule has 0 radical (unpaired) electrons. The predicted octanol–water partition coefficient (Wildman–Crippen LogP) is 3.42. The van der Waals surface area contributed by atoms with Gasteiger partial charge in [0.1, 0.15) is 18.1 Å². The zero-order valence-electron chi connectivity index (χ0n) is 19.9. The Morgan fingerprint density at radius 1 is 1.21 bits per heavy atom. The number of allylic oxidation sites excluding steroid dienone is 2. The van der Waals surface area contributed by atoms with E-state index in [1.54, 1.807) is 10.6 Å². The molecule has 3 aromatic rings. The van der Waals surface area contributed by atoms with E-state index in [1.165, 1.54) is 29.7 Å². The van der Waals surface area contributed by atoms with Gasteiger partial charge in [-0.1, -0.05) is 42.0 Å². The third kappa shape index (κ3) is 3.38. The Bertz CT molecular complexity index is 1440. The maximum Gasteiger partial charge on any atom is 0.258 e. The lowest BCUT2D eigenvalue weighted by Gasteiger charge is -2.38. The first-order chi connectivity index (χ1) is 16.5. The van der Waals surface area contributed by atoms with Gasteiger partial charge in [0.05, 0.1) is 12.1 Å². The number of hydrogen-bond donors (Lipinski definition) is 0. The van der Waals surface area contributed by atoms with Gasteiger partial charge in [0, 0.05) is 42.5 Å². The lowest BCUT2D eigenvalue weighted by Crippen LogP contribution is -2.45. The molecule has 1 fully saturated rings. The molecule has 174 valence electrons. The summed E-state index contributed by atoms with van der Waals surface area (Å²) in [5.74, 6) is 0.586. The van der Waals surface area contributed by atoms with Crippen molar-refractivity contribution >= 4 is 11.8 Å². The number of aromatic nitrogens is 2. The molecule has 0 spiro atoms. The Morgan fingerprint density at radius 3 is 2.79 bits per heavy atom. The highest BCUT2D eigenvalue weighted by molar-refractivity contribution is 5.78. The minimum absolute atomic E-state index is 0.0894. The molecule has 3 aliphatic rings. The van der Waals surface area contributed by atoms with Gasteiger partial charge in [-0.05, 0) is 56.4 Å². The second kappa shape index (κ2) is 8.17. The molecule has 5 nitrogen and oxygen atoms in total. The molecule has 2 unspecified atom stereocenters. The fourth-order valence-corrected chi connectivity index (χ4v) is 6.25. The van der Waals surface area contributed by atoms with Crippen LogP contribution in [-0.4, -0.2) is 21.6 Å². The average molecular weight is 454 g/mol. The lowest BCUT2D eigenvalue weighted by molar-refractivity contribution is -0.520. The SMILES string of the molecule is C=[n+]1c2c(c3[c-]1CC1CCC3N1C(C)C)CC=C(n1ccc(OCc3ccccc3)cc1=O)C=2. The summed E-state index contributed by atoms with van der Waals surface area (Å²) in [5.41, 5.74) is 6.16. The molecule has 4 heterocycles. The molecule has 0 saturated carbocycles. The van der Waals surface area contributed by atoms with Gasteiger partial charge in [0.2, 0.25) is 0 Å².